The van der Waals surface area contributed by atoms with Crippen molar-refractivity contribution in [2.45, 2.75) is 13.2 Å². The van der Waals surface area contributed by atoms with Gasteiger partial charge >= 0.3 is 0 Å². The van der Waals surface area contributed by atoms with Crippen molar-refractivity contribution in [1.82, 2.24) is 19.2 Å². The van der Waals surface area contributed by atoms with Crippen LogP contribution in [0.4, 0.5) is 0 Å². The van der Waals surface area contributed by atoms with Gasteiger partial charge in [0.05, 0.1) is 30.9 Å². The number of nitrogens with zero attached hydrogens (tertiary/aromatic N) is 4. The van der Waals surface area contributed by atoms with Gasteiger partial charge in [-0.3, -0.25) is 9.47 Å². The summed E-state index contributed by atoms with van der Waals surface area (Å²) in [5.74, 6) is 2.41. The zero-order chi connectivity index (χ0) is 20.4. The highest BCUT2D eigenvalue weighted by Crippen LogP contribution is 2.30. The molecule has 6 nitrogen and oxygen atoms in total. The second kappa shape index (κ2) is 8.66. The Labute approximate surface area is 186 Å². The molecule has 0 atom stereocenters. The number of hydrogen-bond acceptors (Lipinski definition) is 6. The van der Waals surface area contributed by atoms with Crippen molar-refractivity contribution < 1.29 is 9.15 Å². The zero-order valence-corrected chi connectivity index (χ0v) is 19.1. The first-order valence-electron chi connectivity index (χ1n) is 8.86. The molecule has 0 aliphatic rings. The number of para-hydroxylation sites is 2. The minimum atomic E-state index is 0.525. The van der Waals surface area contributed by atoms with Gasteiger partial charge in [-0.1, -0.05) is 18.2 Å². The SMILES string of the molecule is COc1ccccc1-n1c(-c2cccs2)nn(CN(C)Cc2ccc(Br)o2)c1=S. The first-order chi connectivity index (χ1) is 14.1. The third-order valence-electron chi connectivity index (χ3n) is 4.34. The number of thiophene rings is 1. The van der Waals surface area contributed by atoms with Crippen LogP contribution >= 0.6 is 39.5 Å². The van der Waals surface area contributed by atoms with E-state index in [9.17, 15) is 0 Å². The summed E-state index contributed by atoms with van der Waals surface area (Å²) < 4.78 is 16.3. The van der Waals surface area contributed by atoms with Crippen molar-refractivity contribution in [2.75, 3.05) is 14.2 Å². The lowest BCUT2D eigenvalue weighted by Crippen LogP contribution is -2.22. The number of halogens is 1. The summed E-state index contributed by atoms with van der Waals surface area (Å²) in [6.45, 7) is 1.17. The predicted molar refractivity (Wildman–Crippen MR) is 120 cm³/mol. The van der Waals surface area contributed by atoms with E-state index in [4.69, 9.17) is 26.5 Å². The van der Waals surface area contributed by atoms with Crippen molar-refractivity contribution in [2.24, 2.45) is 0 Å². The highest BCUT2D eigenvalue weighted by Gasteiger charge is 2.19. The summed E-state index contributed by atoms with van der Waals surface area (Å²) in [5.41, 5.74) is 0.868. The van der Waals surface area contributed by atoms with Gasteiger partial charge < -0.3 is 9.15 Å². The number of furan rings is 1. The topological polar surface area (TPSA) is 48.4 Å². The Bertz CT molecular complexity index is 1160. The van der Waals surface area contributed by atoms with Crippen LogP contribution in [-0.2, 0) is 13.2 Å². The summed E-state index contributed by atoms with van der Waals surface area (Å²) in [6, 6.07) is 15.7. The maximum Gasteiger partial charge on any atom is 0.204 e. The maximum absolute atomic E-state index is 5.82. The molecule has 0 radical (unpaired) electrons. The first kappa shape index (κ1) is 20.1. The highest BCUT2D eigenvalue weighted by molar-refractivity contribution is 9.10. The van der Waals surface area contributed by atoms with Crippen LogP contribution in [0.15, 0.2) is 63.0 Å². The Morgan fingerprint density at radius 3 is 2.72 bits per heavy atom. The molecule has 0 N–H and O–H groups in total. The van der Waals surface area contributed by atoms with E-state index in [-0.39, 0.29) is 0 Å². The molecule has 0 aliphatic heterocycles. The smallest absolute Gasteiger partial charge is 0.204 e. The summed E-state index contributed by atoms with van der Waals surface area (Å²) in [7, 11) is 3.66. The Kier molecular flexibility index (Phi) is 6.00. The lowest BCUT2D eigenvalue weighted by Gasteiger charge is -2.14. The Morgan fingerprint density at radius 2 is 2.03 bits per heavy atom. The molecule has 29 heavy (non-hydrogen) atoms. The molecule has 3 aromatic heterocycles. The molecule has 0 aliphatic carbocycles. The van der Waals surface area contributed by atoms with Crippen molar-refractivity contribution in [3.63, 3.8) is 0 Å². The molecule has 0 saturated heterocycles. The van der Waals surface area contributed by atoms with E-state index in [0.29, 0.717) is 18.0 Å². The summed E-state index contributed by atoms with van der Waals surface area (Å²) in [6.07, 6.45) is 0. The predicted octanol–water partition coefficient (Wildman–Crippen LogP) is 5.59. The van der Waals surface area contributed by atoms with Crippen LogP contribution in [0.1, 0.15) is 5.76 Å². The standard InChI is InChI=1S/C20H19BrN4O2S2/c1-23(12-14-9-10-18(21)27-14)13-24-20(28)25(15-6-3-4-7-16(15)26-2)19(22-24)17-8-5-11-29-17/h3-11H,12-13H2,1-2H3. The average Bonchev–Trinajstić information content (AvgIpc) is 3.44. The molecular formula is C20H19BrN4O2S2. The van der Waals surface area contributed by atoms with Gasteiger partial charge in [0.1, 0.15) is 11.5 Å². The fourth-order valence-corrected chi connectivity index (χ4v) is 4.40. The molecule has 4 rings (SSSR count). The Balaban J connectivity index is 1.73. The van der Waals surface area contributed by atoms with Crippen LogP contribution in [0, 0.1) is 4.77 Å². The van der Waals surface area contributed by atoms with Gasteiger partial charge in [0.15, 0.2) is 10.5 Å². The van der Waals surface area contributed by atoms with Crippen LogP contribution in [0.3, 0.4) is 0 Å². The maximum atomic E-state index is 5.82. The monoisotopic (exact) mass is 490 g/mol. The average molecular weight is 491 g/mol. The number of rotatable bonds is 7. The molecule has 9 heteroatoms. The van der Waals surface area contributed by atoms with Gasteiger partial charge in [-0.15, -0.1) is 16.4 Å². The van der Waals surface area contributed by atoms with Crippen molar-refractivity contribution in [3.8, 4) is 22.1 Å². The molecule has 0 saturated carbocycles. The van der Waals surface area contributed by atoms with E-state index in [1.165, 1.54) is 0 Å². The van der Waals surface area contributed by atoms with E-state index in [1.807, 2.05) is 70.2 Å². The van der Waals surface area contributed by atoms with E-state index in [2.05, 4.69) is 20.8 Å². The molecule has 0 spiro atoms. The lowest BCUT2D eigenvalue weighted by molar-refractivity contribution is 0.225. The van der Waals surface area contributed by atoms with E-state index < -0.39 is 0 Å². The summed E-state index contributed by atoms with van der Waals surface area (Å²) in [5, 5.41) is 6.87. The fraction of sp³-hybridized carbons (Fsp3) is 0.200. The Morgan fingerprint density at radius 1 is 1.21 bits per heavy atom. The van der Waals surface area contributed by atoms with Gasteiger partial charge in [-0.2, -0.15) is 0 Å². The second-order valence-electron chi connectivity index (χ2n) is 6.45. The number of ether oxygens (including phenoxy) is 1. The van der Waals surface area contributed by atoms with Crippen molar-refractivity contribution in [3.05, 3.63) is 69.1 Å². The molecule has 1 aromatic carbocycles. The van der Waals surface area contributed by atoms with Crippen LogP contribution in [0.25, 0.3) is 16.4 Å². The van der Waals surface area contributed by atoms with E-state index in [1.54, 1.807) is 18.4 Å². The van der Waals surface area contributed by atoms with Gasteiger partial charge in [-0.05, 0) is 70.9 Å². The number of aromatic nitrogens is 3. The molecule has 0 fully saturated rings. The molecule has 3 heterocycles. The van der Waals surface area contributed by atoms with Gasteiger partial charge in [-0.25, -0.2) is 4.68 Å². The second-order valence-corrected chi connectivity index (χ2v) is 8.55. The zero-order valence-electron chi connectivity index (χ0n) is 15.9. The van der Waals surface area contributed by atoms with E-state index >= 15 is 0 Å². The molecule has 150 valence electrons. The highest BCUT2D eigenvalue weighted by atomic mass is 79.9. The summed E-state index contributed by atoms with van der Waals surface area (Å²) in [4.78, 5) is 3.14. The normalized spacial score (nSPS) is 11.3. The Hall–Kier alpha value is -2.20. The third kappa shape index (κ3) is 4.23. The minimum Gasteiger partial charge on any atom is -0.495 e. The van der Waals surface area contributed by atoms with Crippen LogP contribution < -0.4 is 4.74 Å². The van der Waals surface area contributed by atoms with Crippen LogP contribution in [0.2, 0.25) is 0 Å². The first-order valence-corrected chi connectivity index (χ1v) is 10.9. The molecular weight excluding hydrogens is 472 g/mol. The van der Waals surface area contributed by atoms with Crippen LogP contribution in [-0.4, -0.2) is 33.4 Å². The van der Waals surface area contributed by atoms with Gasteiger partial charge in [0.25, 0.3) is 0 Å². The molecule has 0 amide bonds. The molecule has 0 bridgehead atoms. The summed E-state index contributed by atoms with van der Waals surface area (Å²) >= 11 is 10.8. The lowest BCUT2D eigenvalue weighted by atomic mass is 10.3. The van der Waals surface area contributed by atoms with Gasteiger partial charge in [0.2, 0.25) is 4.77 Å². The molecule has 4 aromatic rings. The number of hydrogen-bond donors (Lipinski definition) is 0. The molecule has 0 unspecified atom stereocenters. The quantitative estimate of drug-likeness (QED) is 0.316. The van der Waals surface area contributed by atoms with Crippen LogP contribution in [0.5, 0.6) is 5.75 Å². The van der Waals surface area contributed by atoms with E-state index in [0.717, 1.165) is 32.6 Å². The number of methoxy groups -OCH3 is 1. The van der Waals surface area contributed by atoms with Gasteiger partial charge in [0, 0.05) is 0 Å². The largest absolute Gasteiger partial charge is 0.495 e. The fourth-order valence-electron chi connectivity index (χ4n) is 3.08. The number of benzene rings is 1. The van der Waals surface area contributed by atoms with Crippen molar-refractivity contribution >= 4 is 39.5 Å². The third-order valence-corrected chi connectivity index (χ3v) is 6.02. The minimum absolute atomic E-state index is 0.525. The van der Waals surface area contributed by atoms with Crippen molar-refractivity contribution in [1.29, 1.82) is 0 Å².